The zero-order chi connectivity index (χ0) is 28.2. The van der Waals surface area contributed by atoms with E-state index in [1.165, 1.54) is 12.7 Å². The summed E-state index contributed by atoms with van der Waals surface area (Å²) in [5.41, 5.74) is 11.5. The fraction of sp³-hybridized carbons (Fsp3) is 0.500. The van der Waals surface area contributed by atoms with Crippen LogP contribution in [0.1, 0.15) is 31.7 Å². The molecule has 1 unspecified atom stereocenters. The van der Waals surface area contributed by atoms with Crippen molar-refractivity contribution in [2.24, 2.45) is 0 Å². The summed E-state index contributed by atoms with van der Waals surface area (Å²) in [5, 5.41) is 9.52. The fourth-order valence-electron chi connectivity index (χ4n) is 4.77. The molecule has 214 valence electrons. The number of aliphatic hydroxyl groups excluding tert-OH is 1. The number of hydrogen-bond donors (Lipinski definition) is 5. The predicted octanol–water partition coefficient (Wildman–Crippen LogP) is -0.119. The number of halogens is 1. The summed E-state index contributed by atoms with van der Waals surface area (Å²) in [6, 6.07) is 0. The zero-order valence-corrected chi connectivity index (χ0v) is 21.4. The number of H-pyrrole nitrogens is 1. The van der Waals surface area contributed by atoms with Gasteiger partial charge in [0, 0.05) is 6.42 Å². The first kappa shape index (κ1) is 26.6. The van der Waals surface area contributed by atoms with Crippen molar-refractivity contribution in [1.82, 2.24) is 39.0 Å². The smallest absolute Gasteiger partial charge is 0.390 e. The van der Waals surface area contributed by atoms with E-state index in [1.807, 2.05) is 0 Å². The van der Waals surface area contributed by atoms with Gasteiger partial charge in [-0.3, -0.25) is 28.0 Å². The molecule has 4 aromatic heterocycles. The van der Waals surface area contributed by atoms with E-state index in [1.54, 1.807) is 4.57 Å². The number of nitrogens with zero attached hydrogens (tertiary/aromatic N) is 7. The molecule has 4 aromatic rings. The molecular weight excluding hydrogens is 558 g/mol. The summed E-state index contributed by atoms with van der Waals surface area (Å²) in [7, 11) is -4.82. The SMILES string of the molecule is Nc1nc2c(ncn2[C@@H]2O[C@](F)(CO)C[C@H]2OP(=O)(O)OC[C@@H]2CC[C@H](n3cnc4c(N)ncnc43)O2)c(=O)[nH]1. The lowest BCUT2D eigenvalue weighted by Gasteiger charge is -2.23. The van der Waals surface area contributed by atoms with Crippen molar-refractivity contribution in [2.45, 2.75) is 49.8 Å². The van der Waals surface area contributed by atoms with E-state index in [4.69, 9.17) is 30.0 Å². The van der Waals surface area contributed by atoms with Gasteiger partial charge < -0.3 is 30.9 Å². The predicted molar refractivity (Wildman–Crippen MR) is 132 cm³/mol. The molecule has 2 saturated heterocycles. The van der Waals surface area contributed by atoms with Crippen LogP contribution in [0, 0.1) is 0 Å². The monoisotopic (exact) mass is 582 g/mol. The number of phosphoric acid groups is 1. The second-order valence-corrected chi connectivity index (χ2v) is 10.7. The summed E-state index contributed by atoms with van der Waals surface area (Å²) in [6.45, 7) is -1.39. The van der Waals surface area contributed by atoms with Crippen LogP contribution in [0.3, 0.4) is 0 Å². The number of alkyl halides is 1. The number of anilines is 2. The van der Waals surface area contributed by atoms with Crippen molar-refractivity contribution in [3.05, 3.63) is 29.3 Å². The number of nitrogens with two attached hydrogens (primary N) is 2. The second kappa shape index (κ2) is 9.81. The van der Waals surface area contributed by atoms with Gasteiger partial charge >= 0.3 is 7.82 Å². The Labute approximate surface area is 222 Å². The number of nitrogen functional groups attached to an aromatic ring is 2. The average Bonchev–Trinajstić information content (AvgIpc) is 3.68. The van der Waals surface area contributed by atoms with Crippen molar-refractivity contribution < 1.29 is 37.5 Å². The van der Waals surface area contributed by atoms with Crippen LogP contribution in [0.4, 0.5) is 16.2 Å². The standard InChI is InChI=1S/C20H24FN10O8P/c21-20(5-32)3-10(18(38-20)31-8-27-13-16(31)28-19(23)29-17(13)33)39-40(34,35)36-4-9-1-2-11(37-9)30-7-26-12-14(22)24-6-25-15(12)30/h6-11,18,32H,1-5H2,(H,34,35)(H2,22,24,25)(H3,23,28,29,33)/t9-,10+,11+,18+,20-/m0/s1. The van der Waals surface area contributed by atoms with Gasteiger partial charge in [-0.05, 0) is 12.8 Å². The number of fused-ring (bicyclic) bond motifs is 2. The van der Waals surface area contributed by atoms with Crippen LogP contribution >= 0.6 is 7.82 Å². The molecule has 0 radical (unpaired) electrons. The van der Waals surface area contributed by atoms with Crippen molar-refractivity contribution in [2.75, 3.05) is 24.7 Å². The molecule has 0 spiro atoms. The van der Waals surface area contributed by atoms with Gasteiger partial charge in [0.1, 0.15) is 30.8 Å². The van der Waals surface area contributed by atoms with Crippen molar-refractivity contribution in [1.29, 1.82) is 0 Å². The molecule has 0 aromatic carbocycles. The van der Waals surface area contributed by atoms with Gasteiger partial charge in [0.15, 0.2) is 28.9 Å². The lowest BCUT2D eigenvalue weighted by Crippen LogP contribution is -2.27. The van der Waals surface area contributed by atoms with Gasteiger partial charge in [-0.15, -0.1) is 0 Å². The summed E-state index contributed by atoms with van der Waals surface area (Å²) >= 11 is 0. The Bertz CT molecular complexity index is 1680. The van der Waals surface area contributed by atoms with E-state index in [0.29, 0.717) is 24.0 Å². The molecule has 0 amide bonds. The number of aliphatic hydroxyl groups is 1. The molecular formula is C20H24FN10O8P. The highest BCUT2D eigenvalue weighted by atomic mass is 31.2. The molecule has 2 fully saturated rings. The molecule has 6 rings (SSSR count). The number of hydrogen-bond acceptors (Lipinski definition) is 14. The van der Waals surface area contributed by atoms with E-state index in [-0.39, 0.29) is 29.5 Å². The summed E-state index contributed by atoms with van der Waals surface area (Å²) in [5.74, 6) is -2.64. The summed E-state index contributed by atoms with van der Waals surface area (Å²) in [6.07, 6.45) is 0.343. The number of nitrogens with one attached hydrogen (secondary N) is 1. The maximum Gasteiger partial charge on any atom is 0.472 e. The number of ether oxygens (including phenoxy) is 2. The van der Waals surface area contributed by atoms with Crippen molar-refractivity contribution in [3.63, 3.8) is 0 Å². The Balaban J connectivity index is 1.15. The largest absolute Gasteiger partial charge is 0.472 e. The molecule has 2 aliphatic rings. The molecule has 0 saturated carbocycles. The van der Waals surface area contributed by atoms with Gasteiger partial charge in [0.25, 0.3) is 5.56 Å². The number of rotatable bonds is 8. The topological polar surface area (TPSA) is 254 Å². The lowest BCUT2D eigenvalue weighted by molar-refractivity contribution is -0.178. The first-order chi connectivity index (χ1) is 19.1. The third-order valence-electron chi connectivity index (χ3n) is 6.59. The first-order valence-electron chi connectivity index (χ1n) is 12.0. The van der Waals surface area contributed by atoms with Gasteiger partial charge in [-0.1, -0.05) is 0 Å². The van der Waals surface area contributed by atoms with Crippen LogP contribution in [0.5, 0.6) is 0 Å². The van der Waals surface area contributed by atoms with Gasteiger partial charge in [-0.2, -0.15) is 4.98 Å². The molecule has 6 atom stereocenters. The zero-order valence-electron chi connectivity index (χ0n) is 20.5. The van der Waals surface area contributed by atoms with E-state index >= 15 is 4.39 Å². The van der Waals surface area contributed by atoms with Crippen LogP contribution in [0.2, 0.25) is 0 Å². The van der Waals surface area contributed by atoms with Crippen LogP contribution in [0.15, 0.2) is 23.8 Å². The Morgan fingerprint density at radius 2 is 1.95 bits per heavy atom. The van der Waals surface area contributed by atoms with Crippen molar-refractivity contribution in [3.8, 4) is 0 Å². The highest BCUT2D eigenvalue weighted by Gasteiger charge is 2.51. The highest BCUT2D eigenvalue weighted by Crippen LogP contribution is 2.51. The molecule has 40 heavy (non-hydrogen) atoms. The molecule has 2 aliphatic heterocycles. The normalized spacial score (nSPS) is 28.5. The molecule has 0 bridgehead atoms. The first-order valence-corrected chi connectivity index (χ1v) is 13.5. The summed E-state index contributed by atoms with van der Waals surface area (Å²) in [4.78, 5) is 45.1. The molecule has 0 aliphatic carbocycles. The quantitative estimate of drug-likeness (QED) is 0.170. The maximum atomic E-state index is 15.1. The third kappa shape index (κ3) is 4.81. The minimum atomic E-state index is -4.82. The Kier molecular flexibility index (Phi) is 6.53. The third-order valence-corrected chi connectivity index (χ3v) is 7.60. The van der Waals surface area contributed by atoms with Gasteiger partial charge in [-0.25, -0.2) is 28.9 Å². The second-order valence-electron chi connectivity index (χ2n) is 9.31. The molecule has 7 N–H and O–H groups in total. The maximum absolute atomic E-state index is 15.1. The molecule has 20 heteroatoms. The fourth-order valence-corrected chi connectivity index (χ4v) is 5.71. The van der Waals surface area contributed by atoms with E-state index in [9.17, 15) is 19.4 Å². The Morgan fingerprint density at radius 1 is 1.18 bits per heavy atom. The number of aromatic amines is 1. The van der Waals surface area contributed by atoms with Crippen LogP contribution in [-0.2, 0) is 23.1 Å². The van der Waals surface area contributed by atoms with Crippen LogP contribution in [0.25, 0.3) is 22.3 Å². The van der Waals surface area contributed by atoms with Gasteiger partial charge in [0.05, 0.1) is 25.4 Å². The van der Waals surface area contributed by atoms with Crippen LogP contribution < -0.4 is 17.0 Å². The Morgan fingerprint density at radius 3 is 2.75 bits per heavy atom. The average molecular weight is 582 g/mol. The number of imidazole rings is 2. The lowest BCUT2D eigenvalue weighted by atomic mass is 10.2. The Hall–Kier alpha value is -3.58. The highest BCUT2D eigenvalue weighted by molar-refractivity contribution is 7.47. The van der Waals surface area contributed by atoms with E-state index in [2.05, 4.69) is 29.9 Å². The minimum absolute atomic E-state index is 0.0832. The van der Waals surface area contributed by atoms with Gasteiger partial charge in [0.2, 0.25) is 11.8 Å². The molecule has 6 heterocycles. The minimum Gasteiger partial charge on any atom is -0.390 e. The number of aromatic nitrogens is 8. The van der Waals surface area contributed by atoms with Crippen LogP contribution in [-0.4, -0.2) is 80.3 Å². The summed E-state index contributed by atoms with van der Waals surface area (Å²) < 4.78 is 52.5. The van der Waals surface area contributed by atoms with E-state index < -0.39 is 56.9 Å². The van der Waals surface area contributed by atoms with E-state index in [0.717, 1.165) is 10.9 Å². The molecule has 18 nitrogen and oxygen atoms in total. The number of phosphoric ester groups is 1. The van der Waals surface area contributed by atoms with Crippen molar-refractivity contribution >= 4 is 41.9 Å².